The van der Waals surface area contributed by atoms with Crippen molar-refractivity contribution in [1.82, 2.24) is 19.6 Å². The Kier molecular flexibility index (Phi) is 5.43. The first-order valence-corrected chi connectivity index (χ1v) is 9.77. The number of fused-ring (bicyclic) bond motifs is 1. The van der Waals surface area contributed by atoms with Crippen LogP contribution in [0, 0.1) is 0 Å². The van der Waals surface area contributed by atoms with Gasteiger partial charge in [-0.15, -0.1) is 0 Å². The van der Waals surface area contributed by atoms with E-state index in [0.717, 1.165) is 16.9 Å². The van der Waals surface area contributed by atoms with Crippen LogP contribution in [-0.4, -0.2) is 32.2 Å². The molecule has 0 aliphatic heterocycles. The van der Waals surface area contributed by atoms with Crippen molar-refractivity contribution in [3.8, 4) is 5.88 Å². The van der Waals surface area contributed by atoms with Crippen molar-refractivity contribution >= 4 is 23.1 Å². The lowest BCUT2D eigenvalue weighted by Gasteiger charge is -2.08. The number of nitrogens with zero attached hydrogens (tertiary/aromatic N) is 4. The topological polar surface area (TPSA) is 78.6 Å². The zero-order chi connectivity index (χ0) is 19.5. The number of aromatic nitrogens is 4. The number of carbonyl (C=O) groups excluding carboxylic acids is 1. The molecule has 1 saturated carbocycles. The van der Waals surface area contributed by atoms with E-state index < -0.39 is 0 Å². The van der Waals surface area contributed by atoms with Crippen LogP contribution in [0.1, 0.15) is 49.1 Å². The lowest BCUT2D eigenvalue weighted by Crippen LogP contribution is -2.08. The molecule has 0 N–H and O–H groups in total. The second kappa shape index (κ2) is 8.14. The summed E-state index contributed by atoms with van der Waals surface area (Å²) in [5, 5.41) is 4.99. The molecule has 0 aromatic carbocycles. The SMILES string of the molecule is CCOC(=O)CCc1cc(C2CC2)cc2cc(COc3cc(Cl)ncn3)nn12. The second-order valence-corrected chi connectivity index (χ2v) is 7.19. The number of carbonyl (C=O) groups is 1. The average Bonchev–Trinajstić information content (AvgIpc) is 3.44. The number of hydrogen-bond donors (Lipinski definition) is 0. The summed E-state index contributed by atoms with van der Waals surface area (Å²) >= 11 is 5.86. The largest absolute Gasteiger partial charge is 0.471 e. The summed E-state index contributed by atoms with van der Waals surface area (Å²) in [5.74, 6) is 0.825. The minimum Gasteiger partial charge on any atom is -0.471 e. The van der Waals surface area contributed by atoms with E-state index in [1.54, 1.807) is 6.07 Å². The van der Waals surface area contributed by atoms with Crippen LogP contribution in [0.15, 0.2) is 30.6 Å². The maximum absolute atomic E-state index is 11.8. The Morgan fingerprint density at radius 3 is 2.86 bits per heavy atom. The highest BCUT2D eigenvalue weighted by Gasteiger charge is 2.25. The molecule has 4 rings (SSSR count). The van der Waals surface area contributed by atoms with Gasteiger partial charge in [0.15, 0.2) is 0 Å². The molecule has 146 valence electrons. The summed E-state index contributed by atoms with van der Waals surface area (Å²) in [7, 11) is 0. The molecule has 3 aromatic rings. The lowest BCUT2D eigenvalue weighted by molar-refractivity contribution is -0.143. The van der Waals surface area contributed by atoms with Crippen LogP contribution in [-0.2, 0) is 22.6 Å². The highest BCUT2D eigenvalue weighted by atomic mass is 35.5. The van der Waals surface area contributed by atoms with E-state index in [2.05, 4.69) is 27.2 Å². The molecule has 0 atom stereocenters. The minimum absolute atomic E-state index is 0.191. The molecular formula is C20H21ClN4O3. The van der Waals surface area contributed by atoms with Crippen molar-refractivity contribution < 1.29 is 14.3 Å². The molecule has 1 fully saturated rings. The summed E-state index contributed by atoms with van der Waals surface area (Å²) in [5.41, 5.74) is 4.09. The maximum atomic E-state index is 11.8. The lowest BCUT2D eigenvalue weighted by atomic mass is 10.1. The van der Waals surface area contributed by atoms with Crippen LogP contribution in [0.25, 0.3) is 5.52 Å². The normalized spacial score (nSPS) is 13.6. The Balaban J connectivity index is 1.55. The van der Waals surface area contributed by atoms with Gasteiger partial charge in [0.2, 0.25) is 5.88 Å². The summed E-state index contributed by atoms with van der Waals surface area (Å²) in [6.45, 7) is 2.48. The molecule has 8 heteroatoms. The van der Waals surface area contributed by atoms with Crippen molar-refractivity contribution in [1.29, 1.82) is 0 Å². The van der Waals surface area contributed by atoms with Crippen LogP contribution in [0.3, 0.4) is 0 Å². The number of ether oxygens (including phenoxy) is 2. The Labute approximate surface area is 167 Å². The van der Waals surface area contributed by atoms with Crippen LogP contribution >= 0.6 is 11.6 Å². The Hall–Kier alpha value is -2.67. The minimum atomic E-state index is -0.191. The summed E-state index contributed by atoms with van der Waals surface area (Å²) < 4.78 is 12.6. The van der Waals surface area contributed by atoms with Crippen LogP contribution in [0.4, 0.5) is 0 Å². The Bertz CT molecular complexity index is 1000. The highest BCUT2D eigenvalue weighted by molar-refractivity contribution is 6.29. The van der Waals surface area contributed by atoms with E-state index >= 15 is 0 Å². The summed E-state index contributed by atoms with van der Waals surface area (Å²) in [6.07, 6.45) is 4.70. The predicted octanol–water partition coefficient (Wildman–Crippen LogP) is 3.73. The van der Waals surface area contributed by atoms with Gasteiger partial charge in [-0.2, -0.15) is 5.10 Å². The third kappa shape index (κ3) is 4.42. The van der Waals surface area contributed by atoms with Crippen molar-refractivity contribution in [2.45, 2.75) is 45.1 Å². The van der Waals surface area contributed by atoms with Gasteiger partial charge in [0, 0.05) is 18.2 Å². The molecule has 0 bridgehead atoms. The van der Waals surface area contributed by atoms with Gasteiger partial charge in [-0.25, -0.2) is 14.5 Å². The first-order chi connectivity index (χ1) is 13.6. The van der Waals surface area contributed by atoms with Gasteiger partial charge in [-0.1, -0.05) is 11.6 Å². The molecule has 0 saturated heterocycles. The van der Waals surface area contributed by atoms with Crippen molar-refractivity contribution in [3.05, 3.63) is 52.7 Å². The molecule has 28 heavy (non-hydrogen) atoms. The smallest absolute Gasteiger partial charge is 0.306 e. The molecule has 3 aromatic heterocycles. The van der Waals surface area contributed by atoms with E-state index in [1.165, 1.54) is 24.7 Å². The van der Waals surface area contributed by atoms with Gasteiger partial charge < -0.3 is 9.47 Å². The van der Waals surface area contributed by atoms with E-state index in [9.17, 15) is 4.79 Å². The number of aryl methyl sites for hydroxylation is 1. The van der Waals surface area contributed by atoms with E-state index in [0.29, 0.717) is 36.4 Å². The fraction of sp³-hybridized carbons (Fsp3) is 0.400. The summed E-state index contributed by atoms with van der Waals surface area (Å²) in [6, 6.07) is 7.89. The fourth-order valence-corrected chi connectivity index (χ4v) is 3.29. The van der Waals surface area contributed by atoms with Gasteiger partial charge in [-0.05, 0) is 49.4 Å². The zero-order valence-corrected chi connectivity index (χ0v) is 16.4. The quantitative estimate of drug-likeness (QED) is 0.423. The standard InChI is InChI=1S/C20H21ClN4O3/c1-2-27-20(26)6-5-16-7-14(13-3-4-13)8-17-9-15(24-25(16)17)11-28-19-10-18(21)22-12-23-19/h7-10,12-13H,2-6,11H2,1H3. The number of esters is 1. The molecule has 3 heterocycles. The molecule has 0 radical (unpaired) electrons. The Morgan fingerprint density at radius 2 is 2.11 bits per heavy atom. The molecular weight excluding hydrogens is 380 g/mol. The van der Waals surface area contributed by atoms with Gasteiger partial charge in [0.1, 0.15) is 23.8 Å². The number of hydrogen-bond acceptors (Lipinski definition) is 6. The van der Waals surface area contributed by atoms with Crippen molar-refractivity contribution in [2.75, 3.05) is 6.61 Å². The fourth-order valence-electron chi connectivity index (χ4n) is 3.15. The third-order valence-corrected chi connectivity index (χ3v) is 4.83. The second-order valence-electron chi connectivity index (χ2n) is 6.80. The molecule has 1 aliphatic rings. The number of halogens is 1. The van der Waals surface area contributed by atoms with E-state index in [1.807, 2.05) is 17.5 Å². The molecule has 7 nitrogen and oxygen atoms in total. The van der Waals surface area contributed by atoms with E-state index in [-0.39, 0.29) is 12.6 Å². The van der Waals surface area contributed by atoms with E-state index in [4.69, 9.17) is 21.1 Å². The maximum Gasteiger partial charge on any atom is 0.306 e. The first-order valence-electron chi connectivity index (χ1n) is 9.40. The van der Waals surface area contributed by atoms with Gasteiger partial charge >= 0.3 is 5.97 Å². The average molecular weight is 401 g/mol. The highest BCUT2D eigenvalue weighted by Crippen LogP contribution is 2.41. The number of pyridine rings is 1. The van der Waals surface area contributed by atoms with Crippen molar-refractivity contribution in [3.63, 3.8) is 0 Å². The molecule has 0 unspecified atom stereocenters. The Morgan fingerprint density at radius 1 is 1.25 bits per heavy atom. The first kappa shape index (κ1) is 18.7. The van der Waals surface area contributed by atoms with Crippen LogP contribution in [0.2, 0.25) is 5.15 Å². The van der Waals surface area contributed by atoms with Gasteiger partial charge in [0.05, 0.1) is 18.5 Å². The molecule has 0 spiro atoms. The molecule has 0 amide bonds. The van der Waals surface area contributed by atoms with Crippen LogP contribution in [0.5, 0.6) is 5.88 Å². The predicted molar refractivity (Wildman–Crippen MR) is 103 cm³/mol. The molecule has 1 aliphatic carbocycles. The monoisotopic (exact) mass is 400 g/mol. The van der Waals surface area contributed by atoms with Crippen molar-refractivity contribution in [2.24, 2.45) is 0 Å². The zero-order valence-electron chi connectivity index (χ0n) is 15.6. The third-order valence-electron chi connectivity index (χ3n) is 4.62. The summed E-state index contributed by atoms with van der Waals surface area (Å²) in [4.78, 5) is 19.7. The van der Waals surface area contributed by atoms with Gasteiger partial charge in [-0.3, -0.25) is 4.79 Å². The van der Waals surface area contributed by atoms with Crippen LogP contribution < -0.4 is 4.74 Å². The van der Waals surface area contributed by atoms with Gasteiger partial charge in [0.25, 0.3) is 0 Å². The number of rotatable bonds is 8.